The number of alkyl halides is 2. The van der Waals surface area contributed by atoms with Crippen LogP contribution >= 0.6 is 0 Å². The molecule has 0 amide bonds. The first-order valence-corrected chi connectivity index (χ1v) is 5.83. The summed E-state index contributed by atoms with van der Waals surface area (Å²) in [6.45, 7) is -1.38. The molecule has 0 fully saturated rings. The molecule has 104 valence electrons. The molecule has 2 nitrogen and oxygen atoms in total. The van der Waals surface area contributed by atoms with E-state index in [0.717, 1.165) is 6.07 Å². The maximum absolute atomic E-state index is 13.4. The Kier molecular flexibility index (Phi) is 4.08. The van der Waals surface area contributed by atoms with E-state index >= 15 is 0 Å². The molecule has 0 aliphatic carbocycles. The standard InChI is InChI=1S/C15H11F3O2/c1-9-5-6-11(8-13(9)16)14(19)10-3-2-4-12(7-10)20-15(17)18/h2-8,15H,1H3. The van der Waals surface area contributed by atoms with E-state index in [9.17, 15) is 18.0 Å². The molecule has 0 aliphatic rings. The van der Waals surface area contributed by atoms with E-state index in [2.05, 4.69) is 4.74 Å². The highest BCUT2D eigenvalue weighted by molar-refractivity contribution is 6.09. The highest BCUT2D eigenvalue weighted by atomic mass is 19.3. The van der Waals surface area contributed by atoms with Gasteiger partial charge in [0.1, 0.15) is 11.6 Å². The van der Waals surface area contributed by atoms with Crippen LogP contribution in [0, 0.1) is 12.7 Å². The first-order chi connectivity index (χ1) is 9.47. The summed E-state index contributed by atoms with van der Waals surface area (Å²) in [5.41, 5.74) is 0.741. The molecule has 0 saturated heterocycles. The summed E-state index contributed by atoms with van der Waals surface area (Å²) < 4.78 is 41.9. The van der Waals surface area contributed by atoms with Gasteiger partial charge in [-0.15, -0.1) is 0 Å². The summed E-state index contributed by atoms with van der Waals surface area (Å²) in [6, 6.07) is 9.50. The minimum absolute atomic E-state index is 0.113. The van der Waals surface area contributed by atoms with E-state index in [1.165, 1.54) is 36.4 Å². The van der Waals surface area contributed by atoms with Crippen molar-refractivity contribution in [2.75, 3.05) is 0 Å². The third-order valence-electron chi connectivity index (χ3n) is 2.76. The van der Waals surface area contributed by atoms with Gasteiger partial charge in [0.05, 0.1) is 0 Å². The predicted molar refractivity (Wildman–Crippen MR) is 67.6 cm³/mol. The van der Waals surface area contributed by atoms with Crippen LogP contribution in [-0.2, 0) is 0 Å². The molecule has 2 aromatic carbocycles. The van der Waals surface area contributed by atoms with Gasteiger partial charge in [0, 0.05) is 11.1 Å². The number of aryl methyl sites for hydroxylation is 1. The molecule has 0 unspecified atom stereocenters. The highest BCUT2D eigenvalue weighted by Crippen LogP contribution is 2.19. The van der Waals surface area contributed by atoms with Crippen molar-refractivity contribution < 1.29 is 22.7 Å². The number of hydrogen-bond donors (Lipinski definition) is 0. The van der Waals surface area contributed by atoms with Gasteiger partial charge < -0.3 is 4.74 Å². The summed E-state index contributed by atoms with van der Waals surface area (Å²) >= 11 is 0. The largest absolute Gasteiger partial charge is 0.435 e. The van der Waals surface area contributed by atoms with E-state index in [4.69, 9.17) is 0 Å². The van der Waals surface area contributed by atoms with Crippen molar-refractivity contribution in [1.82, 2.24) is 0 Å². The number of carbonyl (C=O) groups is 1. The summed E-state index contributed by atoms with van der Waals surface area (Å²) in [5, 5.41) is 0. The molecule has 2 rings (SSSR count). The smallest absolute Gasteiger partial charge is 0.387 e. The molecule has 5 heteroatoms. The number of rotatable bonds is 4. The van der Waals surface area contributed by atoms with Crippen molar-refractivity contribution in [1.29, 1.82) is 0 Å². The van der Waals surface area contributed by atoms with Gasteiger partial charge in [-0.05, 0) is 30.7 Å². The third-order valence-corrected chi connectivity index (χ3v) is 2.76. The monoisotopic (exact) mass is 280 g/mol. The molecule has 0 atom stereocenters. The third kappa shape index (κ3) is 3.17. The van der Waals surface area contributed by atoms with Crippen molar-refractivity contribution in [2.45, 2.75) is 13.5 Å². The SMILES string of the molecule is Cc1ccc(C(=O)c2cccc(OC(F)F)c2)cc1F. The van der Waals surface area contributed by atoms with Crippen LogP contribution < -0.4 is 4.74 Å². The molecular weight excluding hydrogens is 269 g/mol. The van der Waals surface area contributed by atoms with Gasteiger partial charge >= 0.3 is 6.61 Å². The van der Waals surface area contributed by atoms with Gasteiger partial charge in [-0.1, -0.05) is 24.3 Å². The topological polar surface area (TPSA) is 26.3 Å². The predicted octanol–water partition coefficient (Wildman–Crippen LogP) is 3.97. The van der Waals surface area contributed by atoms with E-state index in [0.29, 0.717) is 5.56 Å². The second-order valence-electron chi connectivity index (χ2n) is 4.20. The van der Waals surface area contributed by atoms with Gasteiger partial charge in [0.15, 0.2) is 5.78 Å². The fraction of sp³-hybridized carbons (Fsp3) is 0.133. The Morgan fingerprint density at radius 2 is 1.80 bits per heavy atom. The zero-order chi connectivity index (χ0) is 14.7. The van der Waals surface area contributed by atoms with Crippen molar-refractivity contribution in [3.8, 4) is 5.75 Å². The number of ketones is 1. The van der Waals surface area contributed by atoms with Crippen LogP contribution in [0.3, 0.4) is 0 Å². The lowest BCUT2D eigenvalue weighted by molar-refractivity contribution is -0.0498. The Bertz CT molecular complexity index is 639. The second-order valence-corrected chi connectivity index (χ2v) is 4.20. The Labute approximate surface area is 113 Å². The fourth-order valence-corrected chi connectivity index (χ4v) is 1.71. The second kappa shape index (κ2) is 5.77. The Balaban J connectivity index is 2.30. The first-order valence-electron chi connectivity index (χ1n) is 5.83. The van der Waals surface area contributed by atoms with Gasteiger partial charge in [0.25, 0.3) is 0 Å². The van der Waals surface area contributed by atoms with E-state index in [1.807, 2.05) is 0 Å². The summed E-state index contributed by atoms with van der Waals surface area (Å²) in [6.07, 6.45) is 0. The lowest BCUT2D eigenvalue weighted by Crippen LogP contribution is -2.05. The minimum Gasteiger partial charge on any atom is -0.435 e. The van der Waals surface area contributed by atoms with Crippen LogP contribution in [0.2, 0.25) is 0 Å². The van der Waals surface area contributed by atoms with Crippen molar-refractivity contribution in [3.63, 3.8) is 0 Å². The molecule has 20 heavy (non-hydrogen) atoms. The van der Waals surface area contributed by atoms with Gasteiger partial charge in [-0.2, -0.15) is 8.78 Å². The zero-order valence-electron chi connectivity index (χ0n) is 10.6. The molecule has 0 saturated carbocycles. The summed E-state index contributed by atoms with van der Waals surface area (Å²) in [5.74, 6) is -1.06. The molecule has 0 spiro atoms. The number of halogens is 3. The summed E-state index contributed by atoms with van der Waals surface area (Å²) in [4.78, 5) is 12.1. The molecule has 0 radical (unpaired) electrons. The van der Waals surface area contributed by atoms with Gasteiger partial charge in [-0.3, -0.25) is 4.79 Å². The van der Waals surface area contributed by atoms with Crippen LogP contribution in [0.5, 0.6) is 5.75 Å². The van der Waals surface area contributed by atoms with E-state index in [-0.39, 0.29) is 16.9 Å². The average molecular weight is 280 g/mol. The number of benzene rings is 2. The zero-order valence-corrected chi connectivity index (χ0v) is 10.6. The molecular formula is C15H11F3O2. The van der Waals surface area contributed by atoms with Crippen molar-refractivity contribution in [3.05, 3.63) is 65.0 Å². The lowest BCUT2D eigenvalue weighted by atomic mass is 10.0. The molecule has 0 aliphatic heterocycles. The lowest BCUT2D eigenvalue weighted by Gasteiger charge is -2.07. The number of carbonyl (C=O) groups excluding carboxylic acids is 1. The first kappa shape index (κ1) is 14.1. The quantitative estimate of drug-likeness (QED) is 0.792. The van der Waals surface area contributed by atoms with Crippen LogP contribution in [0.25, 0.3) is 0 Å². The Morgan fingerprint density at radius 3 is 2.45 bits per heavy atom. The number of hydrogen-bond acceptors (Lipinski definition) is 2. The molecule has 0 heterocycles. The fourth-order valence-electron chi connectivity index (χ4n) is 1.71. The normalized spacial score (nSPS) is 10.7. The van der Waals surface area contributed by atoms with E-state index < -0.39 is 18.2 Å². The van der Waals surface area contributed by atoms with Crippen LogP contribution in [0.15, 0.2) is 42.5 Å². The molecule has 2 aromatic rings. The van der Waals surface area contributed by atoms with Crippen LogP contribution in [0.1, 0.15) is 21.5 Å². The van der Waals surface area contributed by atoms with Crippen molar-refractivity contribution >= 4 is 5.78 Å². The Morgan fingerprint density at radius 1 is 1.10 bits per heavy atom. The van der Waals surface area contributed by atoms with Crippen molar-refractivity contribution in [2.24, 2.45) is 0 Å². The maximum atomic E-state index is 13.4. The van der Waals surface area contributed by atoms with Crippen LogP contribution in [-0.4, -0.2) is 12.4 Å². The molecule has 0 bridgehead atoms. The Hall–Kier alpha value is -2.30. The van der Waals surface area contributed by atoms with E-state index in [1.54, 1.807) is 6.92 Å². The highest BCUT2D eigenvalue weighted by Gasteiger charge is 2.13. The average Bonchev–Trinajstić information content (AvgIpc) is 2.40. The molecule has 0 N–H and O–H groups in total. The minimum atomic E-state index is -2.96. The molecule has 0 aromatic heterocycles. The number of ether oxygens (including phenoxy) is 1. The van der Waals surface area contributed by atoms with Gasteiger partial charge in [0.2, 0.25) is 0 Å². The summed E-state index contributed by atoms with van der Waals surface area (Å²) in [7, 11) is 0. The van der Waals surface area contributed by atoms with Crippen LogP contribution in [0.4, 0.5) is 13.2 Å². The maximum Gasteiger partial charge on any atom is 0.387 e. The van der Waals surface area contributed by atoms with Gasteiger partial charge in [-0.25, -0.2) is 4.39 Å².